The van der Waals surface area contributed by atoms with Gasteiger partial charge in [0, 0.05) is 12.2 Å². The molecule has 0 heterocycles. The third-order valence-electron chi connectivity index (χ3n) is 1.77. The fourth-order valence-electron chi connectivity index (χ4n) is 1.06. The van der Waals surface area contributed by atoms with Gasteiger partial charge in [-0.25, -0.2) is 4.79 Å². The Labute approximate surface area is 97.8 Å². The van der Waals surface area contributed by atoms with E-state index in [2.05, 4.69) is 10.1 Å². The van der Waals surface area contributed by atoms with Gasteiger partial charge in [0.2, 0.25) is 0 Å². The molecule has 0 unspecified atom stereocenters. The van der Waals surface area contributed by atoms with E-state index in [1.807, 2.05) is 6.07 Å². The fraction of sp³-hybridized carbons (Fsp3) is 0.200. The lowest BCUT2D eigenvalue weighted by Crippen LogP contribution is -2.18. The smallest absolute Gasteiger partial charge is 0.404 e. The third-order valence-corrected chi connectivity index (χ3v) is 2.08. The zero-order valence-electron chi connectivity index (χ0n) is 8.37. The molecule has 0 saturated carbocycles. The SMILES string of the molecule is N#Cc1ccc(NCCOC(N)=O)cc1Cl. The van der Waals surface area contributed by atoms with Gasteiger partial charge >= 0.3 is 6.09 Å². The number of halogens is 1. The van der Waals surface area contributed by atoms with E-state index in [-0.39, 0.29) is 6.61 Å². The van der Waals surface area contributed by atoms with Crippen molar-refractivity contribution in [2.45, 2.75) is 0 Å². The zero-order chi connectivity index (χ0) is 12.0. The number of carbonyl (C=O) groups excluding carboxylic acids is 1. The number of rotatable bonds is 4. The van der Waals surface area contributed by atoms with Crippen LogP contribution in [0.4, 0.5) is 10.5 Å². The van der Waals surface area contributed by atoms with Gasteiger partial charge in [-0.1, -0.05) is 11.6 Å². The molecule has 16 heavy (non-hydrogen) atoms. The molecule has 1 rings (SSSR count). The molecule has 1 amide bonds. The van der Waals surface area contributed by atoms with Crippen LogP contribution in [0, 0.1) is 11.3 Å². The number of hydrogen-bond acceptors (Lipinski definition) is 4. The number of amides is 1. The first-order chi connectivity index (χ1) is 7.63. The van der Waals surface area contributed by atoms with Crippen molar-refractivity contribution in [3.05, 3.63) is 28.8 Å². The number of nitriles is 1. The Morgan fingerprint density at radius 2 is 2.38 bits per heavy atom. The van der Waals surface area contributed by atoms with Crippen molar-refractivity contribution in [2.75, 3.05) is 18.5 Å². The maximum Gasteiger partial charge on any atom is 0.404 e. The van der Waals surface area contributed by atoms with Gasteiger partial charge in [0.1, 0.15) is 12.7 Å². The van der Waals surface area contributed by atoms with Crippen LogP contribution < -0.4 is 11.1 Å². The predicted octanol–water partition coefficient (Wildman–Crippen LogP) is 1.72. The van der Waals surface area contributed by atoms with Crippen LogP contribution >= 0.6 is 11.6 Å². The Balaban J connectivity index is 2.47. The second-order valence-corrected chi connectivity index (χ2v) is 3.31. The Morgan fingerprint density at radius 1 is 1.62 bits per heavy atom. The van der Waals surface area contributed by atoms with Crippen LogP contribution in [-0.2, 0) is 4.74 Å². The van der Waals surface area contributed by atoms with Crippen LogP contribution in [0.5, 0.6) is 0 Å². The van der Waals surface area contributed by atoms with E-state index in [1.54, 1.807) is 18.2 Å². The second kappa shape index (κ2) is 5.83. The second-order valence-electron chi connectivity index (χ2n) is 2.90. The molecule has 3 N–H and O–H groups in total. The maximum atomic E-state index is 10.3. The standard InChI is InChI=1S/C10H10ClN3O2/c11-9-5-8(2-1-7(9)6-12)14-3-4-16-10(13)15/h1-2,5,14H,3-4H2,(H2,13,15). The van der Waals surface area contributed by atoms with Crippen LogP contribution in [-0.4, -0.2) is 19.2 Å². The molecule has 0 aliphatic carbocycles. The normalized spacial score (nSPS) is 9.25. The molecular formula is C10H10ClN3O2. The minimum absolute atomic E-state index is 0.174. The van der Waals surface area contributed by atoms with Crippen molar-refractivity contribution in [1.29, 1.82) is 5.26 Å². The van der Waals surface area contributed by atoms with E-state index in [1.165, 1.54) is 0 Å². The summed E-state index contributed by atoms with van der Waals surface area (Å²) in [6.07, 6.45) is -0.806. The first-order valence-electron chi connectivity index (χ1n) is 4.49. The Bertz CT molecular complexity index is 429. The van der Waals surface area contributed by atoms with Crippen LogP contribution in [0.2, 0.25) is 5.02 Å². The highest BCUT2D eigenvalue weighted by molar-refractivity contribution is 6.32. The van der Waals surface area contributed by atoms with Gasteiger partial charge in [0.25, 0.3) is 0 Å². The number of ether oxygens (including phenoxy) is 1. The van der Waals surface area contributed by atoms with E-state index in [9.17, 15) is 4.79 Å². The molecule has 6 heteroatoms. The van der Waals surface area contributed by atoms with Crippen LogP contribution in [0.15, 0.2) is 18.2 Å². The van der Waals surface area contributed by atoms with Gasteiger partial charge in [-0.15, -0.1) is 0 Å². The van der Waals surface area contributed by atoms with E-state index < -0.39 is 6.09 Å². The summed E-state index contributed by atoms with van der Waals surface area (Å²) in [6, 6.07) is 6.92. The van der Waals surface area contributed by atoms with Crippen molar-refractivity contribution < 1.29 is 9.53 Å². The molecule has 0 fully saturated rings. The number of nitrogens with zero attached hydrogens (tertiary/aromatic N) is 1. The van der Waals surface area contributed by atoms with E-state index in [4.69, 9.17) is 22.6 Å². The molecule has 1 aromatic carbocycles. The summed E-state index contributed by atoms with van der Waals surface area (Å²) < 4.78 is 4.53. The maximum absolute atomic E-state index is 10.3. The molecule has 0 bridgehead atoms. The summed E-state index contributed by atoms with van der Waals surface area (Å²) in [5.74, 6) is 0. The van der Waals surface area contributed by atoms with Crippen molar-refractivity contribution in [3.63, 3.8) is 0 Å². The number of primary amides is 1. The first-order valence-corrected chi connectivity index (χ1v) is 4.87. The van der Waals surface area contributed by atoms with Crippen molar-refractivity contribution in [1.82, 2.24) is 0 Å². The van der Waals surface area contributed by atoms with Gasteiger partial charge in [0.15, 0.2) is 0 Å². The predicted molar refractivity (Wildman–Crippen MR) is 60.2 cm³/mol. The zero-order valence-corrected chi connectivity index (χ0v) is 9.12. The quantitative estimate of drug-likeness (QED) is 0.783. The average molecular weight is 240 g/mol. The highest BCUT2D eigenvalue weighted by Crippen LogP contribution is 2.19. The minimum atomic E-state index is -0.806. The molecule has 0 aliphatic heterocycles. The van der Waals surface area contributed by atoms with Gasteiger partial charge in [-0.3, -0.25) is 0 Å². The van der Waals surface area contributed by atoms with Crippen molar-refractivity contribution in [2.24, 2.45) is 5.73 Å². The van der Waals surface area contributed by atoms with Crippen LogP contribution in [0.1, 0.15) is 5.56 Å². The van der Waals surface area contributed by atoms with Crippen LogP contribution in [0.3, 0.4) is 0 Å². The highest BCUT2D eigenvalue weighted by Gasteiger charge is 2.00. The lowest BCUT2D eigenvalue weighted by atomic mass is 10.2. The molecule has 84 valence electrons. The molecule has 0 atom stereocenters. The minimum Gasteiger partial charge on any atom is -0.448 e. The molecule has 1 aromatic rings. The summed E-state index contributed by atoms with van der Waals surface area (Å²) in [5, 5.41) is 12.0. The van der Waals surface area contributed by atoms with E-state index in [0.29, 0.717) is 17.1 Å². The number of hydrogen-bond donors (Lipinski definition) is 2. The number of carbonyl (C=O) groups is 1. The van der Waals surface area contributed by atoms with E-state index in [0.717, 1.165) is 5.69 Å². The Morgan fingerprint density at radius 3 is 2.94 bits per heavy atom. The molecule has 0 spiro atoms. The lowest BCUT2D eigenvalue weighted by Gasteiger charge is -2.06. The number of nitrogens with two attached hydrogens (primary N) is 1. The summed E-state index contributed by atoms with van der Waals surface area (Å²) >= 11 is 5.82. The molecule has 0 saturated heterocycles. The van der Waals surface area contributed by atoms with Crippen LogP contribution in [0.25, 0.3) is 0 Å². The summed E-state index contributed by atoms with van der Waals surface area (Å²) in [6.45, 7) is 0.595. The van der Waals surface area contributed by atoms with Gasteiger partial charge in [-0.05, 0) is 18.2 Å². The molecule has 5 nitrogen and oxygen atoms in total. The largest absolute Gasteiger partial charge is 0.448 e. The molecular weight excluding hydrogens is 230 g/mol. The monoisotopic (exact) mass is 239 g/mol. The topological polar surface area (TPSA) is 88.1 Å². The van der Waals surface area contributed by atoms with Gasteiger partial charge in [0.05, 0.1) is 10.6 Å². The van der Waals surface area contributed by atoms with Crippen molar-refractivity contribution in [3.8, 4) is 6.07 Å². The number of anilines is 1. The third kappa shape index (κ3) is 3.67. The van der Waals surface area contributed by atoms with Gasteiger partial charge < -0.3 is 15.8 Å². The molecule has 0 radical (unpaired) electrons. The number of nitrogens with one attached hydrogen (secondary N) is 1. The Kier molecular flexibility index (Phi) is 4.42. The van der Waals surface area contributed by atoms with Gasteiger partial charge in [-0.2, -0.15) is 5.26 Å². The molecule has 0 aliphatic rings. The summed E-state index contributed by atoms with van der Waals surface area (Å²) in [4.78, 5) is 10.3. The lowest BCUT2D eigenvalue weighted by molar-refractivity contribution is 0.161. The Hall–Kier alpha value is -1.93. The average Bonchev–Trinajstić information content (AvgIpc) is 2.24. The molecule has 0 aromatic heterocycles. The van der Waals surface area contributed by atoms with E-state index >= 15 is 0 Å². The summed E-state index contributed by atoms with van der Waals surface area (Å²) in [5.41, 5.74) is 5.95. The fourth-order valence-corrected chi connectivity index (χ4v) is 1.29. The first kappa shape index (κ1) is 12.1. The van der Waals surface area contributed by atoms with Crippen molar-refractivity contribution >= 4 is 23.4 Å². The number of benzene rings is 1. The highest BCUT2D eigenvalue weighted by atomic mass is 35.5. The summed E-state index contributed by atoms with van der Waals surface area (Å²) in [7, 11) is 0.